The SMILES string of the molecule is NC(=O)C(NCC1CCCO1)c1sccc1Br. The fraction of sp³-hybridized carbons (Fsp3) is 0.545. The number of ether oxygens (including phenoxy) is 1. The zero-order valence-electron chi connectivity index (χ0n) is 9.32. The molecule has 2 rings (SSSR count). The molecule has 2 atom stereocenters. The molecule has 0 saturated carbocycles. The molecule has 1 aromatic rings. The normalized spacial score (nSPS) is 21.6. The van der Waals surface area contributed by atoms with E-state index in [1.54, 1.807) is 0 Å². The molecule has 0 radical (unpaired) electrons. The molecular formula is C11H15BrN2O2S. The number of nitrogens with two attached hydrogens (primary N) is 1. The lowest BCUT2D eigenvalue weighted by Gasteiger charge is -2.17. The van der Waals surface area contributed by atoms with Crippen LogP contribution in [-0.2, 0) is 9.53 Å². The van der Waals surface area contributed by atoms with Crippen molar-refractivity contribution in [1.82, 2.24) is 5.32 Å². The largest absolute Gasteiger partial charge is 0.377 e. The molecule has 2 unspecified atom stereocenters. The topological polar surface area (TPSA) is 64.4 Å². The molecule has 1 fully saturated rings. The molecule has 1 aliphatic heterocycles. The van der Waals surface area contributed by atoms with Crippen LogP contribution in [0.2, 0.25) is 0 Å². The fourth-order valence-corrected chi connectivity index (χ4v) is 3.57. The van der Waals surface area contributed by atoms with Gasteiger partial charge >= 0.3 is 0 Å². The lowest BCUT2D eigenvalue weighted by molar-refractivity contribution is -0.120. The number of carbonyl (C=O) groups is 1. The maximum Gasteiger partial charge on any atom is 0.240 e. The summed E-state index contributed by atoms with van der Waals surface area (Å²) in [6, 6.07) is 1.48. The maximum absolute atomic E-state index is 11.5. The summed E-state index contributed by atoms with van der Waals surface area (Å²) in [6.45, 7) is 1.48. The van der Waals surface area contributed by atoms with Crippen LogP contribution >= 0.6 is 27.3 Å². The van der Waals surface area contributed by atoms with Crippen LogP contribution in [0.3, 0.4) is 0 Å². The van der Waals surface area contributed by atoms with Crippen LogP contribution in [0.25, 0.3) is 0 Å². The summed E-state index contributed by atoms with van der Waals surface area (Å²) >= 11 is 4.94. The molecule has 94 valence electrons. The molecule has 1 aliphatic rings. The van der Waals surface area contributed by atoms with Crippen molar-refractivity contribution in [2.45, 2.75) is 25.0 Å². The first-order chi connectivity index (χ1) is 8.18. The van der Waals surface area contributed by atoms with Gasteiger partial charge in [0.05, 0.1) is 6.10 Å². The van der Waals surface area contributed by atoms with Gasteiger partial charge < -0.3 is 10.5 Å². The second-order valence-electron chi connectivity index (χ2n) is 4.01. The van der Waals surface area contributed by atoms with E-state index >= 15 is 0 Å². The summed E-state index contributed by atoms with van der Waals surface area (Å²) in [5.41, 5.74) is 5.43. The Morgan fingerprint density at radius 2 is 2.59 bits per heavy atom. The lowest BCUT2D eigenvalue weighted by Crippen LogP contribution is -2.37. The Balaban J connectivity index is 1.98. The zero-order valence-corrected chi connectivity index (χ0v) is 11.7. The van der Waals surface area contributed by atoms with E-state index in [1.807, 2.05) is 11.4 Å². The van der Waals surface area contributed by atoms with Crippen LogP contribution < -0.4 is 11.1 Å². The average Bonchev–Trinajstić information content (AvgIpc) is 2.91. The first-order valence-electron chi connectivity index (χ1n) is 5.55. The van der Waals surface area contributed by atoms with E-state index in [9.17, 15) is 4.79 Å². The molecule has 0 aliphatic carbocycles. The van der Waals surface area contributed by atoms with Gasteiger partial charge in [-0.05, 0) is 40.2 Å². The Kier molecular flexibility index (Phi) is 4.55. The Bertz CT molecular complexity index is 391. The number of rotatable bonds is 5. The summed E-state index contributed by atoms with van der Waals surface area (Å²) in [7, 11) is 0. The highest BCUT2D eigenvalue weighted by atomic mass is 79.9. The first-order valence-corrected chi connectivity index (χ1v) is 7.23. The van der Waals surface area contributed by atoms with Gasteiger partial charge in [0.1, 0.15) is 6.04 Å². The predicted molar refractivity (Wildman–Crippen MR) is 70.9 cm³/mol. The van der Waals surface area contributed by atoms with Crippen LogP contribution in [-0.4, -0.2) is 25.2 Å². The van der Waals surface area contributed by atoms with Gasteiger partial charge in [-0.15, -0.1) is 11.3 Å². The lowest BCUT2D eigenvalue weighted by atomic mass is 10.2. The second-order valence-corrected chi connectivity index (χ2v) is 5.81. The molecule has 1 aromatic heterocycles. The molecule has 1 amide bonds. The Morgan fingerprint density at radius 1 is 1.76 bits per heavy atom. The number of amides is 1. The Hall–Kier alpha value is -0.430. The highest BCUT2D eigenvalue weighted by Gasteiger charge is 2.23. The van der Waals surface area contributed by atoms with Crippen molar-refractivity contribution in [2.24, 2.45) is 5.73 Å². The van der Waals surface area contributed by atoms with E-state index in [0.717, 1.165) is 28.8 Å². The predicted octanol–water partition coefficient (Wildman–Crippen LogP) is 1.81. The van der Waals surface area contributed by atoms with Crippen LogP contribution in [0.15, 0.2) is 15.9 Å². The first kappa shape index (κ1) is 13.0. The van der Waals surface area contributed by atoms with Crippen LogP contribution in [0.5, 0.6) is 0 Å². The molecule has 2 heterocycles. The molecule has 0 bridgehead atoms. The van der Waals surface area contributed by atoms with Gasteiger partial charge in [0.25, 0.3) is 0 Å². The average molecular weight is 319 g/mol. The van der Waals surface area contributed by atoms with Crippen molar-refractivity contribution in [3.8, 4) is 0 Å². The monoisotopic (exact) mass is 318 g/mol. The van der Waals surface area contributed by atoms with Gasteiger partial charge in [-0.25, -0.2) is 0 Å². The fourth-order valence-electron chi connectivity index (χ4n) is 1.89. The number of primary amides is 1. The summed E-state index contributed by atoms with van der Waals surface area (Å²) in [5, 5.41) is 5.12. The van der Waals surface area contributed by atoms with Gasteiger partial charge in [-0.3, -0.25) is 10.1 Å². The summed E-state index contributed by atoms with van der Waals surface area (Å²) < 4.78 is 6.43. The molecule has 0 aromatic carbocycles. The highest BCUT2D eigenvalue weighted by molar-refractivity contribution is 9.10. The van der Waals surface area contributed by atoms with Gasteiger partial charge in [0, 0.05) is 22.5 Å². The number of hydrogen-bond donors (Lipinski definition) is 2. The third-order valence-corrected chi connectivity index (χ3v) is 4.70. The van der Waals surface area contributed by atoms with Crippen molar-refractivity contribution in [3.05, 3.63) is 20.8 Å². The molecule has 4 nitrogen and oxygen atoms in total. The minimum Gasteiger partial charge on any atom is -0.377 e. The maximum atomic E-state index is 11.5. The number of carbonyl (C=O) groups excluding carboxylic acids is 1. The van der Waals surface area contributed by atoms with E-state index in [4.69, 9.17) is 10.5 Å². The van der Waals surface area contributed by atoms with Crippen molar-refractivity contribution < 1.29 is 9.53 Å². The summed E-state index contributed by atoms with van der Waals surface area (Å²) in [6.07, 6.45) is 2.34. The van der Waals surface area contributed by atoms with Crippen LogP contribution in [0.1, 0.15) is 23.8 Å². The molecule has 17 heavy (non-hydrogen) atoms. The van der Waals surface area contributed by atoms with E-state index in [0.29, 0.717) is 6.54 Å². The third kappa shape index (κ3) is 3.28. The van der Waals surface area contributed by atoms with Crippen molar-refractivity contribution >= 4 is 33.2 Å². The van der Waals surface area contributed by atoms with Gasteiger partial charge in [-0.2, -0.15) is 0 Å². The van der Waals surface area contributed by atoms with Crippen molar-refractivity contribution in [1.29, 1.82) is 0 Å². The molecule has 1 saturated heterocycles. The molecular weight excluding hydrogens is 304 g/mol. The van der Waals surface area contributed by atoms with Crippen LogP contribution in [0.4, 0.5) is 0 Å². The smallest absolute Gasteiger partial charge is 0.240 e. The molecule has 6 heteroatoms. The second kappa shape index (κ2) is 5.95. The third-order valence-electron chi connectivity index (χ3n) is 2.77. The standard InChI is InChI=1S/C11H15BrN2O2S/c12-8-3-5-17-10(8)9(11(13)15)14-6-7-2-1-4-16-7/h3,5,7,9,14H,1-2,4,6H2,(H2,13,15). The van der Waals surface area contributed by atoms with E-state index in [1.165, 1.54) is 11.3 Å². The Labute approximate surface area is 113 Å². The number of nitrogens with one attached hydrogen (secondary N) is 1. The Morgan fingerprint density at radius 3 is 3.12 bits per heavy atom. The van der Waals surface area contributed by atoms with E-state index in [-0.39, 0.29) is 12.0 Å². The number of thiophene rings is 1. The van der Waals surface area contributed by atoms with Gasteiger partial charge in [-0.1, -0.05) is 0 Å². The summed E-state index contributed by atoms with van der Waals surface area (Å²) in [4.78, 5) is 12.4. The zero-order chi connectivity index (χ0) is 12.3. The molecule has 0 spiro atoms. The van der Waals surface area contributed by atoms with Crippen LogP contribution in [0, 0.1) is 0 Å². The minimum absolute atomic E-state index is 0.204. The minimum atomic E-state index is -0.437. The number of hydrogen-bond acceptors (Lipinski definition) is 4. The van der Waals surface area contributed by atoms with Gasteiger partial charge in [0.15, 0.2) is 0 Å². The summed E-state index contributed by atoms with van der Waals surface area (Å²) in [5.74, 6) is -0.355. The van der Waals surface area contributed by atoms with E-state index < -0.39 is 6.04 Å². The van der Waals surface area contributed by atoms with Gasteiger partial charge in [0.2, 0.25) is 5.91 Å². The quantitative estimate of drug-likeness (QED) is 0.870. The highest BCUT2D eigenvalue weighted by Crippen LogP contribution is 2.29. The van der Waals surface area contributed by atoms with Crippen molar-refractivity contribution in [3.63, 3.8) is 0 Å². The molecule has 3 N–H and O–H groups in total. The number of halogens is 1. The van der Waals surface area contributed by atoms with Crippen molar-refractivity contribution in [2.75, 3.05) is 13.2 Å². The van der Waals surface area contributed by atoms with E-state index in [2.05, 4.69) is 21.2 Å².